The normalized spacial score (nSPS) is 36.6. The summed E-state index contributed by atoms with van der Waals surface area (Å²) in [6.07, 6.45) is 6.01. The van der Waals surface area contributed by atoms with Gasteiger partial charge in [-0.25, -0.2) is 0 Å². The van der Waals surface area contributed by atoms with Gasteiger partial charge < -0.3 is 22.1 Å². The molecule has 0 saturated heterocycles. The largest absolute Gasteiger partial charge is 1.00 e. The van der Waals surface area contributed by atoms with Gasteiger partial charge in [-0.2, -0.15) is 0 Å². The predicted octanol–water partition coefficient (Wildman–Crippen LogP) is -0.438. The Labute approximate surface area is 116 Å². The number of hydrogen-bond donors (Lipinski definition) is 1. The molecule has 3 unspecified atom stereocenters. The van der Waals surface area contributed by atoms with Gasteiger partial charge in [0.25, 0.3) is 0 Å². The summed E-state index contributed by atoms with van der Waals surface area (Å²) in [4.78, 5) is 0. The van der Waals surface area contributed by atoms with Gasteiger partial charge in [0.05, 0.1) is 12.3 Å². The summed E-state index contributed by atoms with van der Waals surface area (Å²) in [7, 11) is 0. The maximum absolute atomic E-state index is 5.43. The highest BCUT2D eigenvalue weighted by Crippen LogP contribution is 2.64. The Morgan fingerprint density at radius 3 is 2.67 bits per heavy atom. The van der Waals surface area contributed by atoms with Gasteiger partial charge in [-0.15, -0.1) is 0 Å². The minimum absolute atomic E-state index is 0. The van der Waals surface area contributed by atoms with Gasteiger partial charge in [0, 0.05) is 11.8 Å². The van der Waals surface area contributed by atoms with E-state index in [-0.39, 0.29) is 12.4 Å². The molecule has 2 saturated carbocycles. The van der Waals surface area contributed by atoms with Gasteiger partial charge in [0.1, 0.15) is 6.54 Å². The molecule has 2 N–H and O–H groups in total. The summed E-state index contributed by atoms with van der Waals surface area (Å²) < 4.78 is 5.43. The van der Waals surface area contributed by atoms with E-state index in [1.54, 1.807) is 6.26 Å². The predicted molar refractivity (Wildman–Crippen MR) is 67.4 cm³/mol. The van der Waals surface area contributed by atoms with Crippen molar-refractivity contribution in [2.45, 2.75) is 52.6 Å². The lowest BCUT2D eigenvalue weighted by Gasteiger charge is -2.37. The summed E-state index contributed by atoms with van der Waals surface area (Å²) in [6, 6.07) is 4.84. The second kappa shape index (κ2) is 4.57. The Kier molecular flexibility index (Phi) is 3.54. The summed E-state index contributed by atoms with van der Waals surface area (Å²) in [5, 5.41) is 2.51. The van der Waals surface area contributed by atoms with E-state index >= 15 is 0 Å². The minimum atomic E-state index is 0. The number of halogens is 1. The molecule has 3 rings (SSSR count). The van der Waals surface area contributed by atoms with E-state index in [1.165, 1.54) is 19.3 Å². The smallest absolute Gasteiger partial charge is 0.157 e. The monoisotopic (exact) mass is 269 g/mol. The topological polar surface area (TPSA) is 29.8 Å². The molecular formula is C15H24ClNO. The zero-order chi connectivity index (χ0) is 12.1. The first-order valence-electron chi connectivity index (χ1n) is 6.90. The Balaban J connectivity index is 0.00000120. The third-order valence-electron chi connectivity index (χ3n) is 6.05. The zero-order valence-corrected chi connectivity index (χ0v) is 12.3. The fraction of sp³-hybridized carbons (Fsp3) is 0.733. The molecule has 2 aliphatic carbocycles. The van der Waals surface area contributed by atoms with Crippen molar-refractivity contribution < 1.29 is 22.1 Å². The molecule has 0 spiro atoms. The third-order valence-corrected chi connectivity index (χ3v) is 6.05. The molecule has 102 valence electrons. The maximum Gasteiger partial charge on any atom is 0.157 e. The van der Waals surface area contributed by atoms with Crippen molar-refractivity contribution in [3.8, 4) is 0 Å². The molecule has 0 amide bonds. The fourth-order valence-corrected chi connectivity index (χ4v) is 4.31. The molecule has 3 atom stereocenters. The number of hydrogen-bond acceptors (Lipinski definition) is 1. The van der Waals surface area contributed by atoms with Crippen LogP contribution in [0.15, 0.2) is 22.8 Å². The van der Waals surface area contributed by atoms with Crippen LogP contribution in [-0.4, -0.2) is 6.04 Å². The van der Waals surface area contributed by atoms with E-state index in [4.69, 9.17) is 4.42 Å². The van der Waals surface area contributed by atoms with Gasteiger partial charge in [-0.05, 0) is 36.3 Å². The van der Waals surface area contributed by atoms with Crippen molar-refractivity contribution in [2.75, 3.05) is 0 Å². The molecular weight excluding hydrogens is 246 g/mol. The fourth-order valence-electron chi connectivity index (χ4n) is 4.31. The van der Waals surface area contributed by atoms with E-state index in [0.29, 0.717) is 10.8 Å². The Bertz CT molecular complexity index is 401. The second-order valence-corrected chi connectivity index (χ2v) is 6.74. The van der Waals surface area contributed by atoms with Gasteiger partial charge in [-0.1, -0.05) is 20.8 Å². The molecule has 1 heterocycles. The maximum atomic E-state index is 5.43. The molecule has 0 radical (unpaired) electrons. The van der Waals surface area contributed by atoms with Gasteiger partial charge in [-0.3, -0.25) is 0 Å². The Hall–Kier alpha value is -0.470. The van der Waals surface area contributed by atoms with Crippen molar-refractivity contribution in [3.63, 3.8) is 0 Å². The van der Waals surface area contributed by atoms with Crippen LogP contribution in [0.25, 0.3) is 0 Å². The quantitative estimate of drug-likeness (QED) is 0.793. The molecule has 2 nitrogen and oxygen atoms in total. The van der Waals surface area contributed by atoms with Gasteiger partial charge >= 0.3 is 0 Å². The SMILES string of the molecule is CC1(C)C2CCC1(C)C([NH2+]Cc1ccco1)C2.[Cl-]. The Morgan fingerprint density at radius 1 is 1.39 bits per heavy atom. The lowest BCUT2D eigenvalue weighted by atomic mass is 9.69. The number of nitrogens with two attached hydrogens (primary N) is 1. The highest BCUT2D eigenvalue weighted by Gasteiger charge is 2.63. The van der Waals surface area contributed by atoms with Gasteiger partial charge in [0.15, 0.2) is 5.76 Å². The van der Waals surface area contributed by atoms with Crippen molar-refractivity contribution in [3.05, 3.63) is 24.2 Å². The van der Waals surface area contributed by atoms with E-state index < -0.39 is 0 Å². The van der Waals surface area contributed by atoms with Crippen molar-refractivity contribution >= 4 is 0 Å². The van der Waals surface area contributed by atoms with Crippen LogP contribution in [0.2, 0.25) is 0 Å². The van der Waals surface area contributed by atoms with Gasteiger partial charge in [0.2, 0.25) is 0 Å². The van der Waals surface area contributed by atoms with E-state index in [9.17, 15) is 0 Å². The standard InChI is InChI=1S/C15H23NO.ClH/c1-14(2)11-6-7-15(14,3)13(9-11)16-10-12-5-4-8-17-12;/h4-5,8,11,13,16H,6-7,9-10H2,1-3H3;1H. The molecule has 2 aliphatic rings. The average Bonchev–Trinajstić information content (AvgIpc) is 2.91. The van der Waals surface area contributed by atoms with E-state index in [0.717, 1.165) is 24.3 Å². The first-order valence-corrected chi connectivity index (χ1v) is 6.90. The van der Waals surface area contributed by atoms with Crippen molar-refractivity contribution in [2.24, 2.45) is 16.7 Å². The van der Waals surface area contributed by atoms with Crippen LogP contribution in [0, 0.1) is 16.7 Å². The number of furan rings is 1. The Morgan fingerprint density at radius 2 is 2.17 bits per heavy atom. The highest BCUT2D eigenvalue weighted by molar-refractivity contribution is 5.10. The van der Waals surface area contributed by atoms with Crippen molar-refractivity contribution in [1.82, 2.24) is 0 Å². The van der Waals surface area contributed by atoms with Crippen LogP contribution in [0.3, 0.4) is 0 Å². The van der Waals surface area contributed by atoms with E-state index in [1.807, 2.05) is 6.07 Å². The summed E-state index contributed by atoms with van der Waals surface area (Å²) in [6.45, 7) is 8.45. The lowest BCUT2D eigenvalue weighted by molar-refractivity contribution is -0.718. The van der Waals surface area contributed by atoms with Crippen LogP contribution in [-0.2, 0) is 6.54 Å². The van der Waals surface area contributed by atoms with Crippen LogP contribution in [0.5, 0.6) is 0 Å². The summed E-state index contributed by atoms with van der Waals surface area (Å²) >= 11 is 0. The second-order valence-electron chi connectivity index (χ2n) is 6.74. The molecule has 2 fully saturated rings. The third kappa shape index (κ3) is 1.81. The molecule has 1 aromatic rings. The molecule has 0 aliphatic heterocycles. The van der Waals surface area contributed by atoms with Crippen molar-refractivity contribution in [1.29, 1.82) is 0 Å². The molecule has 3 heteroatoms. The zero-order valence-electron chi connectivity index (χ0n) is 11.6. The average molecular weight is 270 g/mol. The number of quaternary nitrogens is 1. The van der Waals surface area contributed by atoms with Crippen LogP contribution < -0.4 is 17.7 Å². The first-order chi connectivity index (χ1) is 8.04. The minimum Gasteiger partial charge on any atom is -1.00 e. The number of rotatable bonds is 3. The number of fused-ring (bicyclic) bond motifs is 2. The highest BCUT2D eigenvalue weighted by atomic mass is 35.5. The molecule has 1 aromatic heterocycles. The molecule has 0 aromatic carbocycles. The molecule has 2 bridgehead atoms. The van der Waals surface area contributed by atoms with Crippen LogP contribution >= 0.6 is 0 Å². The van der Waals surface area contributed by atoms with Crippen LogP contribution in [0.1, 0.15) is 45.8 Å². The van der Waals surface area contributed by atoms with Crippen LogP contribution in [0.4, 0.5) is 0 Å². The van der Waals surface area contributed by atoms with E-state index in [2.05, 4.69) is 32.2 Å². The molecule has 18 heavy (non-hydrogen) atoms. The summed E-state index contributed by atoms with van der Waals surface area (Å²) in [5.41, 5.74) is 1.04. The lowest BCUT2D eigenvalue weighted by Crippen LogP contribution is -3.00. The first kappa shape index (κ1) is 14.0. The summed E-state index contributed by atoms with van der Waals surface area (Å²) in [5.74, 6) is 2.04.